The minimum Gasteiger partial charge on any atom is -0.309 e. The van der Waals surface area contributed by atoms with E-state index in [1.165, 1.54) is 25.3 Å². The van der Waals surface area contributed by atoms with Crippen molar-refractivity contribution >= 4 is 0 Å². The summed E-state index contributed by atoms with van der Waals surface area (Å²) in [4.78, 5) is 2.33. The minimum absolute atomic E-state index is 0.140. The highest BCUT2D eigenvalue weighted by Gasteiger charge is 2.21. The molecule has 19 heavy (non-hydrogen) atoms. The highest BCUT2D eigenvalue weighted by Crippen LogP contribution is 2.21. The van der Waals surface area contributed by atoms with Crippen LogP contribution < -0.4 is 5.32 Å². The van der Waals surface area contributed by atoms with Crippen LogP contribution in [0.4, 0.5) is 8.78 Å². The molecule has 106 valence electrons. The summed E-state index contributed by atoms with van der Waals surface area (Å²) in [7, 11) is 0. The highest BCUT2D eigenvalue weighted by atomic mass is 19.2. The van der Waals surface area contributed by atoms with Crippen LogP contribution in [0.2, 0.25) is 0 Å². The predicted octanol–water partition coefficient (Wildman–Crippen LogP) is 3.10. The summed E-state index contributed by atoms with van der Waals surface area (Å²) in [5.74, 6) is -1.48. The highest BCUT2D eigenvalue weighted by molar-refractivity contribution is 5.23. The van der Waals surface area contributed by atoms with Gasteiger partial charge in [0.05, 0.1) is 0 Å². The summed E-state index contributed by atoms with van der Waals surface area (Å²) in [6, 6.07) is 4.28. The number of rotatable bonds is 5. The van der Waals surface area contributed by atoms with Crippen molar-refractivity contribution in [1.29, 1.82) is 0 Å². The summed E-state index contributed by atoms with van der Waals surface area (Å²) in [6.45, 7) is 5.58. The molecule has 1 N–H and O–H groups in total. The Morgan fingerprint density at radius 1 is 1.21 bits per heavy atom. The Kier molecular flexibility index (Phi) is 5.28. The molecule has 1 aromatic rings. The molecule has 4 heteroatoms. The minimum atomic E-state index is -0.765. The Hall–Kier alpha value is -1.00. The Bertz CT molecular complexity index is 403. The molecule has 1 fully saturated rings. The second kappa shape index (κ2) is 6.96. The number of likely N-dealkylation sites (N-methyl/N-ethyl adjacent to an activating group) is 1. The zero-order valence-electron chi connectivity index (χ0n) is 11.5. The molecule has 0 aromatic heterocycles. The Balaban J connectivity index is 2.11. The van der Waals surface area contributed by atoms with Gasteiger partial charge in [0, 0.05) is 18.2 Å². The van der Waals surface area contributed by atoms with Crippen LogP contribution in [-0.2, 0) is 0 Å². The Morgan fingerprint density at radius 3 is 2.63 bits per heavy atom. The number of benzene rings is 1. The van der Waals surface area contributed by atoms with Gasteiger partial charge in [0.1, 0.15) is 0 Å². The van der Waals surface area contributed by atoms with E-state index in [4.69, 9.17) is 0 Å². The van der Waals surface area contributed by atoms with E-state index >= 15 is 0 Å². The molecule has 2 nitrogen and oxygen atoms in total. The van der Waals surface area contributed by atoms with Crippen LogP contribution in [0.15, 0.2) is 18.2 Å². The van der Waals surface area contributed by atoms with Gasteiger partial charge >= 0.3 is 0 Å². The fraction of sp³-hybridized carbons (Fsp3) is 0.600. The summed E-state index contributed by atoms with van der Waals surface area (Å²) < 4.78 is 27.2. The molecule has 1 atom stereocenters. The maximum absolute atomic E-state index is 13.9. The lowest BCUT2D eigenvalue weighted by Crippen LogP contribution is -2.38. The Labute approximate surface area is 113 Å². The van der Waals surface area contributed by atoms with E-state index in [2.05, 4.69) is 10.2 Å². The number of nitrogens with zero attached hydrogens (tertiary/aromatic N) is 1. The van der Waals surface area contributed by atoms with Crippen molar-refractivity contribution in [3.63, 3.8) is 0 Å². The summed E-state index contributed by atoms with van der Waals surface area (Å²) >= 11 is 0. The molecule has 0 spiro atoms. The summed E-state index contributed by atoms with van der Waals surface area (Å²) in [5.41, 5.74) is 0.437. The SMILES string of the molecule is CCNC(CN1CCCCC1)c1cccc(F)c1F. The van der Waals surface area contributed by atoms with E-state index in [1.807, 2.05) is 6.92 Å². The number of hydrogen-bond acceptors (Lipinski definition) is 2. The molecule has 1 saturated heterocycles. The first-order valence-electron chi connectivity index (χ1n) is 7.12. The van der Waals surface area contributed by atoms with Crippen molar-refractivity contribution < 1.29 is 8.78 Å². The van der Waals surface area contributed by atoms with E-state index < -0.39 is 11.6 Å². The van der Waals surface area contributed by atoms with Gasteiger partial charge in [-0.05, 0) is 38.5 Å². The van der Waals surface area contributed by atoms with Gasteiger partial charge in [-0.2, -0.15) is 0 Å². The molecular weight excluding hydrogens is 246 g/mol. The first kappa shape index (κ1) is 14.4. The average Bonchev–Trinajstić information content (AvgIpc) is 2.43. The average molecular weight is 268 g/mol. The van der Waals surface area contributed by atoms with Crippen LogP contribution in [-0.4, -0.2) is 31.1 Å². The van der Waals surface area contributed by atoms with E-state index in [9.17, 15) is 8.78 Å². The maximum Gasteiger partial charge on any atom is 0.163 e. The summed E-state index contributed by atoms with van der Waals surface area (Å²) in [6.07, 6.45) is 3.67. The number of hydrogen-bond donors (Lipinski definition) is 1. The zero-order chi connectivity index (χ0) is 13.7. The first-order chi connectivity index (χ1) is 9.22. The molecule has 1 unspecified atom stereocenters. The third-order valence-electron chi connectivity index (χ3n) is 3.70. The predicted molar refractivity (Wildman–Crippen MR) is 73.1 cm³/mol. The molecule has 1 aliphatic heterocycles. The van der Waals surface area contributed by atoms with Crippen LogP contribution in [0.5, 0.6) is 0 Å². The van der Waals surface area contributed by atoms with Crippen LogP contribution in [0.3, 0.4) is 0 Å². The van der Waals surface area contributed by atoms with Crippen molar-refractivity contribution in [3.05, 3.63) is 35.4 Å². The van der Waals surface area contributed by atoms with Gasteiger partial charge < -0.3 is 10.2 Å². The molecule has 0 amide bonds. The van der Waals surface area contributed by atoms with Gasteiger partial charge in [0.2, 0.25) is 0 Å². The third kappa shape index (κ3) is 3.74. The largest absolute Gasteiger partial charge is 0.309 e. The lowest BCUT2D eigenvalue weighted by Gasteiger charge is -2.31. The van der Waals surface area contributed by atoms with Crippen LogP contribution in [0, 0.1) is 11.6 Å². The molecular formula is C15H22F2N2. The first-order valence-corrected chi connectivity index (χ1v) is 7.12. The third-order valence-corrected chi connectivity index (χ3v) is 3.70. The van der Waals surface area contributed by atoms with E-state index in [0.29, 0.717) is 5.56 Å². The van der Waals surface area contributed by atoms with Crippen molar-refractivity contribution in [3.8, 4) is 0 Å². The summed E-state index contributed by atoms with van der Waals surface area (Å²) in [5, 5.41) is 3.27. The van der Waals surface area contributed by atoms with E-state index in [0.717, 1.165) is 26.2 Å². The fourth-order valence-electron chi connectivity index (χ4n) is 2.71. The quantitative estimate of drug-likeness (QED) is 0.882. The van der Waals surface area contributed by atoms with E-state index in [-0.39, 0.29) is 6.04 Å². The molecule has 0 bridgehead atoms. The van der Waals surface area contributed by atoms with Crippen molar-refractivity contribution in [2.75, 3.05) is 26.2 Å². The van der Waals surface area contributed by atoms with Crippen molar-refractivity contribution in [1.82, 2.24) is 10.2 Å². The van der Waals surface area contributed by atoms with Crippen molar-refractivity contribution in [2.45, 2.75) is 32.2 Å². The molecule has 1 aromatic carbocycles. The standard InChI is InChI=1S/C15H22F2N2/c1-2-18-14(11-19-9-4-3-5-10-19)12-7-6-8-13(16)15(12)17/h6-8,14,18H,2-5,9-11H2,1H3. The lowest BCUT2D eigenvalue weighted by atomic mass is 10.0. The van der Waals surface area contributed by atoms with E-state index in [1.54, 1.807) is 12.1 Å². The van der Waals surface area contributed by atoms with Crippen molar-refractivity contribution in [2.24, 2.45) is 0 Å². The molecule has 1 heterocycles. The maximum atomic E-state index is 13.9. The second-order valence-corrected chi connectivity index (χ2v) is 5.11. The topological polar surface area (TPSA) is 15.3 Å². The molecule has 2 rings (SSSR count). The molecule has 0 saturated carbocycles. The molecule has 1 aliphatic rings. The number of likely N-dealkylation sites (tertiary alicyclic amines) is 1. The number of halogens is 2. The van der Waals surface area contributed by atoms with Crippen LogP contribution >= 0.6 is 0 Å². The van der Waals surface area contributed by atoms with Crippen LogP contribution in [0.1, 0.15) is 37.8 Å². The van der Waals surface area contributed by atoms with Gasteiger partial charge in [-0.3, -0.25) is 0 Å². The van der Waals surface area contributed by atoms with Gasteiger partial charge in [0.15, 0.2) is 11.6 Å². The van der Waals surface area contributed by atoms with Gasteiger partial charge in [0.25, 0.3) is 0 Å². The number of piperidine rings is 1. The van der Waals surface area contributed by atoms with Gasteiger partial charge in [-0.15, -0.1) is 0 Å². The van der Waals surface area contributed by atoms with Crippen LogP contribution in [0.25, 0.3) is 0 Å². The molecule has 0 aliphatic carbocycles. The smallest absolute Gasteiger partial charge is 0.163 e. The van der Waals surface area contributed by atoms with Gasteiger partial charge in [-0.1, -0.05) is 25.5 Å². The fourth-order valence-corrected chi connectivity index (χ4v) is 2.71. The number of nitrogens with one attached hydrogen (secondary N) is 1. The normalized spacial score (nSPS) is 18.5. The zero-order valence-corrected chi connectivity index (χ0v) is 11.5. The second-order valence-electron chi connectivity index (χ2n) is 5.11. The monoisotopic (exact) mass is 268 g/mol. The lowest BCUT2D eigenvalue weighted by molar-refractivity contribution is 0.204. The van der Waals surface area contributed by atoms with Gasteiger partial charge in [-0.25, -0.2) is 8.78 Å². The Morgan fingerprint density at radius 2 is 1.95 bits per heavy atom. The molecule has 0 radical (unpaired) electrons.